The molecular formula is C12H16Cl2N2O2S. The normalized spacial score (nSPS) is 22.6. The van der Waals surface area contributed by atoms with Gasteiger partial charge in [-0.15, -0.1) is 0 Å². The lowest BCUT2D eigenvalue weighted by Crippen LogP contribution is -2.33. The van der Waals surface area contributed by atoms with Gasteiger partial charge in [0.1, 0.15) is 4.90 Å². The molecule has 4 nitrogen and oxygen atoms in total. The number of sulfonamides is 1. The average Bonchev–Trinajstić information content (AvgIpc) is 2.78. The van der Waals surface area contributed by atoms with Gasteiger partial charge in [0.25, 0.3) is 0 Å². The summed E-state index contributed by atoms with van der Waals surface area (Å²) in [6.07, 6.45) is 0.763. The van der Waals surface area contributed by atoms with Gasteiger partial charge in [-0.3, -0.25) is 0 Å². The summed E-state index contributed by atoms with van der Waals surface area (Å²) in [6, 6.07) is 4.65. The molecule has 0 radical (unpaired) electrons. The lowest BCUT2D eigenvalue weighted by Gasteiger charge is -2.19. The van der Waals surface area contributed by atoms with Crippen LogP contribution in [0.15, 0.2) is 23.1 Å². The van der Waals surface area contributed by atoms with Crippen LogP contribution in [-0.4, -0.2) is 31.9 Å². The number of halogens is 2. The third-order valence-electron chi connectivity index (χ3n) is 3.45. The zero-order valence-corrected chi connectivity index (χ0v) is 12.8. The number of rotatable bonds is 3. The van der Waals surface area contributed by atoms with Gasteiger partial charge in [-0.1, -0.05) is 29.3 Å². The van der Waals surface area contributed by atoms with Gasteiger partial charge in [0.2, 0.25) is 10.0 Å². The van der Waals surface area contributed by atoms with Crippen molar-refractivity contribution >= 4 is 33.2 Å². The van der Waals surface area contributed by atoms with Gasteiger partial charge in [0.15, 0.2) is 0 Å². The largest absolute Gasteiger partial charge is 0.328 e. The fourth-order valence-corrected chi connectivity index (χ4v) is 4.86. The Bertz CT molecular complexity index is 555. The van der Waals surface area contributed by atoms with Crippen molar-refractivity contribution in [2.75, 3.05) is 13.1 Å². The highest BCUT2D eigenvalue weighted by molar-refractivity contribution is 7.89. The zero-order valence-electron chi connectivity index (χ0n) is 10.5. The molecule has 1 aromatic rings. The van der Waals surface area contributed by atoms with Crippen LogP contribution in [0.3, 0.4) is 0 Å². The van der Waals surface area contributed by atoms with Crippen molar-refractivity contribution in [2.24, 2.45) is 11.7 Å². The number of benzene rings is 1. The molecule has 0 spiro atoms. The molecule has 2 rings (SSSR count). The van der Waals surface area contributed by atoms with E-state index in [0.29, 0.717) is 13.1 Å². The first-order chi connectivity index (χ1) is 8.84. The highest BCUT2D eigenvalue weighted by atomic mass is 35.5. The Kier molecular flexibility index (Phi) is 4.42. The molecule has 1 aliphatic heterocycles. The summed E-state index contributed by atoms with van der Waals surface area (Å²) in [5, 5.41) is 0.300. The monoisotopic (exact) mass is 322 g/mol. The SMILES string of the molecule is CC(N)C1CCN(S(=O)(=O)c2c(Cl)cccc2Cl)C1. The molecule has 2 unspecified atom stereocenters. The second-order valence-corrected chi connectivity index (χ2v) is 7.51. The van der Waals surface area contributed by atoms with E-state index in [-0.39, 0.29) is 26.9 Å². The molecule has 0 saturated carbocycles. The van der Waals surface area contributed by atoms with Gasteiger partial charge < -0.3 is 5.73 Å². The third-order valence-corrected chi connectivity index (χ3v) is 6.27. The Morgan fingerprint density at radius 2 is 1.95 bits per heavy atom. The molecule has 19 heavy (non-hydrogen) atoms. The minimum Gasteiger partial charge on any atom is -0.328 e. The summed E-state index contributed by atoms with van der Waals surface area (Å²) in [5.41, 5.74) is 5.83. The van der Waals surface area contributed by atoms with E-state index < -0.39 is 10.0 Å². The number of nitrogens with two attached hydrogens (primary N) is 1. The molecule has 1 aromatic carbocycles. The van der Waals surface area contributed by atoms with Crippen molar-refractivity contribution in [2.45, 2.75) is 24.3 Å². The van der Waals surface area contributed by atoms with E-state index in [0.717, 1.165) is 6.42 Å². The molecule has 106 valence electrons. The molecule has 1 fully saturated rings. The van der Waals surface area contributed by atoms with Crippen molar-refractivity contribution < 1.29 is 8.42 Å². The maximum atomic E-state index is 12.6. The Balaban J connectivity index is 2.34. The van der Waals surface area contributed by atoms with Gasteiger partial charge >= 0.3 is 0 Å². The van der Waals surface area contributed by atoms with Gasteiger partial charge in [0, 0.05) is 19.1 Å². The van der Waals surface area contributed by atoms with Crippen LogP contribution in [0.5, 0.6) is 0 Å². The maximum absolute atomic E-state index is 12.6. The van der Waals surface area contributed by atoms with Gasteiger partial charge in [-0.2, -0.15) is 4.31 Å². The zero-order chi connectivity index (χ0) is 14.2. The van der Waals surface area contributed by atoms with Crippen LogP contribution in [0.1, 0.15) is 13.3 Å². The third kappa shape index (κ3) is 2.90. The summed E-state index contributed by atoms with van der Waals surface area (Å²) in [5.74, 6) is 0.177. The van der Waals surface area contributed by atoms with E-state index >= 15 is 0 Å². The maximum Gasteiger partial charge on any atom is 0.246 e. The fourth-order valence-electron chi connectivity index (χ4n) is 2.26. The number of nitrogens with zero attached hydrogens (tertiary/aromatic N) is 1. The van der Waals surface area contributed by atoms with E-state index in [4.69, 9.17) is 28.9 Å². The lowest BCUT2D eigenvalue weighted by molar-refractivity contribution is 0.429. The van der Waals surface area contributed by atoms with Crippen molar-refractivity contribution in [1.82, 2.24) is 4.31 Å². The van der Waals surface area contributed by atoms with Crippen LogP contribution < -0.4 is 5.73 Å². The lowest BCUT2D eigenvalue weighted by atomic mass is 10.0. The van der Waals surface area contributed by atoms with E-state index in [1.807, 2.05) is 6.92 Å². The molecule has 0 amide bonds. The fraction of sp³-hybridized carbons (Fsp3) is 0.500. The topological polar surface area (TPSA) is 63.4 Å². The van der Waals surface area contributed by atoms with Gasteiger partial charge in [-0.25, -0.2) is 8.42 Å². The van der Waals surface area contributed by atoms with E-state index in [1.165, 1.54) is 16.4 Å². The van der Waals surface area contributed by atoms with Crippen LogP contribution >= 0.6 is 23.2 Å². The van der Waals surface area contributed by atoms with Crippen LogP contribution in [0.4, 0.5) is 0 Å². The predicted octanol–water partition coefficient (Wildman–Crippen LogP) is 2.35. The molecule has 2 atom stereocenters. The summed E-state index contributed by atoms with van der Waals surface area (Å²) in [6.45, 7) is 2.76. The van der Waals surface area contributed by atoms with Crippen molar-refractivity contribution in [3.63, 3.8) is 0 Å². The Labute approximate surface area is 123 Å². The van der Waals surface area contributed by atoms with E-state index in [1.54, 1.807) is 6.07 Å². The Morgan fingerprint density at radius 1 is 1.37 bits per heavy atom. The highest BCUT2D eigenvalue weighted by Crippen LogP contribution is 2.34. The second kappa shape index (κ2) is 5.58. The van der Waals surface area contributed by atoms with Gasteiger partial charge in [-0.05, 0) is 31.4 Å². The standard InChI is InChI=1S/C12H16Cl2N2O2S/c1-8(15)9-5-6-16(7-9)19(17,18)12-10(13)3-2-4-11(12)14/h2-4,8-9H,5-7,15H2,1H3. The van der Waals surface area contributed by atoms with E-state index in [2.05, 4.69) is 0 Å². The van der Waals surface area contributed by atoms with Crippen LogP contribution in [0.2, 0.25) is 10.0 Å². The first-order valence-electron chi connectivity index (χ1n) is 6.03. The van der Waals surface area contributed by atoms with Crippen molar-refractivity contribution in [1.29, 1.82) is 0 Å². The van der Waals surface area contributed by atoms with Crippen LogP contribution in [0.25, 0.3) is 0 Å². The molecular weight excluding hydrogens is 307 g/mol. The van der Waals surface area contributed by atoms with Gasteiger partial charge in [0.05, 0.1) is 10.0 Å². The smallest absolute Gasteiger partial charge is 0.246 e. The molecule has 1 aliphatic rings. The minimum atomic E-state index is -3.65. The molecule has 0 bridgehead atoms. The second-order valence-electron chi connectivity index (χ2n) is 4.82. The molecule has 2 N–H and O–H groups in total. The Morgan fingerprint density at radius 3 is 2.42 bits per heavy atom. The minimum absolute atomic E-state index is 0.0105. The first kappa shape index (κ1) is 15.1. The molecule has 1 saturated heterocycles. The van der Waals surface area contributed by atoms with E-state index in [9.17, 15) is 8.42 Å². The molecule has 0 aliphatic carbocycles. The molecule has 0 aromatic heterocycles. The average molecular weight is 323 g/mol. The summed E-state index contributed by atoms with van der Waals surface area (Å²) < 4.78 is 26.5. The molecule has 7 heteroatoms. The van der Waals surface area contributed by atoms with Crippen molar-refractivity contribution in [3.05, 3.63) is 28.2 Å². The predicted molar refractivity (Wildman–Crippen MR) is 77.0 cm³/mol. The summed E-state index contributed by atoms with van der Waals surface area (Å²) >= 11 is 12.0. The van der Waals surface area contributed by atoms with Crippen molar-refractivity contribution in [3.8, 4) is 0 Å². The van der Waals surface area contributed by atoms with Crippen LogP contribution in [0, 0.1) is 5.92 Å². The highest BCUT2D eigenvalue weighted by Gasteiger charge is 2.36. The number of hydrogen-bond donors (Lipinski definition) is 1. The quantitative estimate of drug-likeness (QED) is 0.929. The summed E-state index contributed by atoms with van der Waals surface area (Å²) in [4.78, 5) is -0.0105. The first-order valence-corrected chi connectivity index (χ1v) is 8.23. The van der Waals surface area contributed by atoms with Crippen LogP contribution in [-0.2, 0) is 10.0 Å². The summed E-state index contributed by atoms with van der Waals surface area (Å²) in [7, 11) is -3.65. The molecule has 1 heterocycles. The Hall–Kier alpha value is -0.330. The number of hydrogen-bond acceptors (Lipinski definition) is 3.